The van der Waals surface area contributed by atoms with Crippen molar-refractivity contribution >= 4 is 23.2 Å². The van der Waals surface area contributed by atoms with Gasteiger partial charge in [-0.3, -0.25) is 4.79 Å². The van der Waals surface area contributed by atoms with Crippen molar-refractivity contribution in [2.24, 2.45) is 0 Å². The summed E-state index contributed by atoms with van der Waals surface area (Å²) >= 11 is 0. The minimum Gasteiger partial charge on any atom is -0.497 e. The largest absolute Gasteiger partial charge is 0.497 e. The van der Waals surface area contributed by atoms with E-state index in [1.807, 2.05) is 24.3 Å². The maximum Gasteiger partial charge on any atom is 0.352 e. The van der Waals surface area contributed by atoms with Gasteiger partial charge in [-0.25, -0.2) is 23.7 Å². The highest BCUT2D eigenvalue weighted by atomic mass is 16.5. The quantitative estimate of drug-likeness (QED) is 0.421. The predicted molar refractivity (Wildman–Crippen MR) is 125 cm³/mol. The number of hydrogen-bond donors (Lipinski definition) is 1. The Morgan fingerprint density at radius 2 is 1.76 bits per heavy atom. The molecule has 0 atom stereocenters. The number of amides is 1. The minimum atomic E-state index is -0.464. The highest BCUT2D eigenvalue weighted by Gasteiger charge is 2.15. The van der Waals surface area contributed by atoms with Crippen LogP contribution >= 0.6 is 0 Å². The predicted octanol–water partition coefficient (Wildman–Crippen LogP) is 2.69. The summed E-state index contributed by atoms with van der Waals surface area (Å²) in [6.45, 7) is 3.43. The Kier molecular flexibility index (Phi) is 6.39. The van der Waals surface area contributed by atoms with Crippen LogP contribution in [0, 0.1) is 6.92 Å². The number of nitrogens with zero attached hydrogens (tertiary/aromatic N) is 4. The first kappa shape index (κ1) is 22.7. The van der Waals surface area contributed by atoms with Crippen LogP contribution in [0.15, 0.2) is 59.4 Å². The van der Waals surface area contributed by atoms with Crippen LogP contribution in [0.1, 0.15) is 23.1 Å². The number of rotatable bonds is 7. The number of carbonyl (C=O) groups is 2. The highest BCUT2D eigenvalue weighted by Crippen LogP contribution is 2.21. The van der Waals surface area contributed by atoms with Gasteiger partial charge in [0.1, 0.15) is 18.1 Å². The van der Waals surface area contributed by atoms with Gasteiger partial charge in [0, 0.05) is 17.3 Å². The molecule has 0 bridgehead atoms. The summed E-state index contributed by atoms with van der Waals surface area (Å²) in [6, 6.07) is 15.4. The topological polar surface area (TPSA) is 117 Å². The molecule has 0 aliphatic rings. The van der Waals surface area contributed by atoms with Gasteiger partial charge in [0.15, 0.2) is 5.65 Å². The fourth-order valence-electron chi connectivity index (χ4n) is 3.45. The standard InChI is InChI=1S/C24H23N5O5/c1-4-34-23(31)17-5-9-18(10-6-17)26-22(30)14-28-24(32)29-15(2)25-20(13-21(29)27-28)16-7-11-19(33-3)12-8-16/h5-13H,4,14H2,1-3H3,(H,26,30). The van der Waals surface area contributed by atoms with Crippen molar-refractivity contribution in [3.8, 4) is 17.0 Å². The third-order valence-corrected chi connectivity index (χ3v) is 5.09. The fourth-order valence-corrected chi connectivity index (χ4v) is 3.45. The molecule has 0 saturated heterocycles. The first-order valence-corrected chi connectivity index (χ1v) is 10.6. The average molecular weight is 461 g/mol. The molecule has 0 aliphatic carbocycles. The first-order valence-electron chi connectivity index (χ1n) is 10.6. The zero-order valence-electron chi connectivity index (χ0n) is 18.9. The van der Waals surface area contributed by atoms with Crippen molar-refractivity contribution in [2.45, 2.75) is 20.4 Å². The van der Waals surface area contributed by atoms with Gasteiger partial charge in [0.2, 0.25) is 5.91 Å². The molecule has 34 heavy (non-hydrogen) atoms. The molecule has 0 fully saturated rings. The van der Waals surface area contributed by atoms with Crippen LogP contribution in [-0.4, -0.2) is 44.8 Å². The van der Waals surface area contributed by atoms with Crippen LogP contribution in [0.25, 0.3) is 16.9 Å². The van der Waals surface area contributed by atoms with Gasteiger partial charge in [-0.05, 0) is 62.4 Å². The van der Waals surface area contributed by atoms with Crippen LogP contribution < -0.4 is 15.7 Å². The van der Waals surface area contributed by atoms with Crippen LogP contribution in [-0.2, 0) is 16.1 Å². The lowest BCUT2D eigenvalue weighted by atomic mass is 10.1. The number of aromatic nitrogens is 4. The molecule has 2 aromatic heterocycles. The molecule has 10 nitrogen and oxygen atoms in total. The van der Waals surface area contributed by atoms with Gasteiger partial charge in [-0.1, -0.05) is 0 Å². The Balaban J connectivity index is 1.53. The number of anilines is 1. The molecule has 1 N–H and O–H groups in total. The maximum absolute atomic E-state index is 12.8. The number of ether oxygens (including phenoxy) is 2. The minimum absolute atomic E-state index is 0.279. The van der Waals surface area contributed by atoms with E-state index in [1.54, 1.807) is 51.3 Å². The van der Waals surface area contributed by atoms with Crippen molar-refractivity contribution in [1.29, 1.82) is 0 Å². The number of carbonyl (C=O) groups excluding carboxylic acids is 2. The molecular formula is C24H23N5O5. The molecule has 4 rings (SSSR count). The number of esters is 1. The van der Waals surface area contributed by atoms with Gasteiger partial charge in [-0.15, -0.1) is 5.10 Å². The highest BCUT2D eigenvalue weighted by molar-refractivity contribution is 5.93. The van der Waals surface area contributed by atoms with Crippen LogP contribution in [0.2, 0.25) is 0 Å². The normalized spacial score (nSPS) is 10.8. The maximum atomic E-state index is 12.8. The summed E-state index contributed by atoms with van der Waals surface area (Å²) in [5, 5.41) is 7.01. The molecule has 4 aromatic rings. The van der Waals surface area contributed by atoms with E-state index in [2.05, 4.69) is 15.4 Å². The van der Waals surface area contributed by atoms with Crippen LogP contribution in [0.3, 0.4) is 0 Å². The number of hydrogen-bond acceptors (Lipinski definition) is 7. The smallest absolute Gasteiger partial charge is 0.352 e. The lowest BCUT2D eigenvalue weighted by Crippen LogP contribution is -2.28. The molecular weight excluding hydrogens is 438 g/mol. The van der Waals surface area contributed by atoms with Gasteiger partial charge in [0.25, 0.3) is 0 Å². The second-order valence-corrected chi connectivity index (χ2v) is 7.40. The molecule has 10 heteroatoms. The van der Waals surface area contributed by atoms with E-state index >= 15 is 0 Å². The van der Waals surface area contributed by atoms with E-state index in [0.717, 1.165) is 16.0 Å². The lowest BCUT2D eigenvalue weighted by Gasteiger charge is -2.06. The SMILES string of the molecule is CCOC(=O)c1ccc(NC(=O)Cn2nc3cc(-c4ccc(OC)cc4)nc(C)n3c2=O)cc1. The Hall–Kier alpha value is -4.47. The van der Waals surface area contributed by atoms with Crippen molar-refractivity contribution in [2.75, 3.05) is 19.0 Å². The van der Waals surface area contributed by atoms with Crippen molar-refractivity contribution in [1.82, 2.24) is 19.2 Å². The molecule has 0 spiro atoms. The summed E-state index contributed by atoms with van der Waals surface area (Å²) in [6.07, 6.45) is 0. The van der Waals surface area contributed by atoms with E-state index in [4.69, 9.17) is 9.47 Å². The molecule has 1 amide bonds. The van der Waals surface area contributed by atoms with Crippen LogP contribution in [0.4, 0.5) is 5.69 Å². The zero-order chi connectivity index (χ0) is 24.2. The van der Waals surface area contributed by atoms with Gasteiger partial charge < -0.3 is 14.8 Å². The second kappa shape index (κ2) is 9.57. The van der Waals surface area contributed by atoms with Crippen molar-refractivity contribution < 1.29 is 19.1 Å². The first-order chi connectivity index (χ1) is 16.4. The third-order valence-electron chi connectivity index (χ3n) is 5.09. The number of nitrogens with one attached hydrogen (secondary N) is 1. The molecule has 0 aliphatic heterocycles. The second-order valence-electron chi connectivity index (χ2n) is 7.40. The van der Waals surface area contributed by atoms with Gasteiger partial charge >= 0.3 is 11.7 Å². The van der Waals surface area contributed by atoms with E-state index in [-0.39, 0.29) is 13.2 Å². The Bertz CT molecular complexity index is 1400. The molecule has 0 unspecified atom stereocenters. The van der Waals surface area contributed by atoms with Gasteiger partial charge in [0.05, 0.1) is 25.0 Å². The Labute approximate surface area is 194 Å². The summed E-state index contributed by atoms with van der Waals surface area (Å²) in [5.74, 6) is 0.308. The Morgan fingerprint density at radius 3 is 2.41 bits per heavy atom. The number of fused-ring (bicyclic) bond motifs is 1. The fraction of sp³-hybridized carbons (Fsp3) is 0.208. The number of methoxy groups -OCH3 is 1. The zero-order valence-corrected chi connectivity index (χ0v) is 18.9. The van der Waals surface area contributed by atoms with Crippen LogP contribution in [0.5, 0.6) is 5.75 Å². The van der Waals surface area contributed by atoms with Gasteiger partial charge in [-0.2, -0.15) is 0 Å². The average Bonchev–Trinajstić information content (AvgIpc) is 3.15. The number of benzene rings is 2. The summed E-state index contributed by atoms with van der Waals surface area (Å²) in [5.41, 5.74) is 2.28. The molecule has 0 saturated carbocycles. The van der Waals surface area contributed by atoms with E-state index in [9.17, 15) is 14.4 Å². The Morgan fingerprint density at radius 1 is 1.06 bits per heavy atom. The molecule has 2 aromatic carbocycles. The van der Waals surface area contributed by atoms with E-state index in [0.29, 0.717) is 28.4 Å². The molecule has 2 heterocycles. The number of aryl methyl sites for hydroxylation is 1. The van der Waals surface area contributed by atoms with Crippen molar-refractivity contribution in [3.63, 3.8) is 0 Å². The summed E-state index contributed by atoms with van der Waals surface area (Å²) in [7, 11) is 1.59. The van der Waals surface area contributed by atoms with E-state index in [1.165, 1.54) is 4.40 Å². The summed E-state index contributed by atoms with van der Waals surface area (Å²) in [4.78, 5) is 41.6. The monoisotopic (exact) mass is 461 g/mol. The lowest BCUT2D eigenvalue weighted by molar-refractivity contribution is -0.117. The van der Waals surface area contributed by atoms with Crippen molar-refractivity contribution in [3.05, 3.63) is 76.5 Å². The third kappa shape index (κ3) is 4.65. The van der Waals surface area contributed by atoms with E-state index < -0.39 is 17.6 Å². The summed E-state index contributed by atoms with van der Waals surface area (Å²) < 4.78 is 12.6. The molecule has 174 valence electrons. The molecule has 0 radical (unpaired) electrons.